The van der Waals surface area contributed by atoms with Gasteiger partial charge in [0.1, 0.15) is 0 Å². The molecule has 29 heavy (non-hydrogen) atoms. The molecule has 0 fully saturated rings. The Morgan fingerprint density at radius 2 is 0.897 bits per heavy atom. The molecule has 1 aromatic heterocycles. The van der Waals surface area contributed by atoms with E-state index in [1.807, 2.05) is 60.7 Å². The number of rotatable bonds is 4. The van der Waals surface area contributed by atoms with Crippen LogP contribution in [0.2, 0.25) is 0 Å². The van der Waals surface area contributed by atoms with Crippen LogP contribution in [-0.4, -0.2) is 20.2 Å². The number of hydrogen-bond acceptors (Lipinski definition) is 3. The predicted molar refractivity (Wildman–Crippen MR) is 115 cm³/mol. The third-order valence-electron chi connectivity index (χ3n) is 4.87. The van der Waals surface area contributed by atoms with Gasteiger partial charge in [0.05, 0.1) is 5.69 Å². The van der Waals surface area contributed by atoms with Crippen LogP contribution in [-0.2, 0) is 0 Å². The second-order valence-electron chi connectivity index (χ2n) is 6.76. The number of tetrazole rings is 1. The van der Waals surface area contributed by atoms with Crippen LogP contribution in [0.15, 0.2) is 109 Å². The van der Waals surface area contributed by atoms with E-state index in [1.165, 1.54) is 16.7 Å². The summed E-state index contributed by atoms with van der Waals surface area (Å²) in [6.07, 6.45) is 0. The van der Waals surface area contributed by atoms with Crippen LogP contribution in [0.4, 0.5) is 0 Å². The maximum atomic E-state index is 4.55. The monoisotopic (exact) mass is 374 g/mol. The van der Waals surface area contributed by atoms with E-state index in [-0.39, 0.29) is 0 Å². The number of hydrogen-bond donors (Lipinski definition) is 0. The summed E-state index contributed by atoms with van der Waals surface area (Å²) in [7, 11) is 0. The van der Waals surface area contributed by atoms with Crippen molar-refractivity contribution in [3.8, 4) is 39.3 Å². The summed E-state index contributed by atoms with van der Waals surface area (Å²) in [5.41, 5.74) is 6.52. The average Bonchev–Trinajstić information content (AvgIpc) is 3.31. The molecule has 0 saturated heterocycles. The molecule has 0 aliphatic heterocycles. The maximum Gasteiger partial charge on any atom is 0.205 e. The van der Waals surface area contributed by atoms with Crippen molar-refractivity contribution in [3.05, 3.63) is 109 Å². The van der Waals surface area contributed by atoms with Crippen molar-refractivity contribution in [1.82, 2.24) is 20.2 Å². The molecule has 0 aliphatic carbocycles. The van der Waals surface area contributed by atoms with Gasteiger partial charge in [-0.05, 0) is 39.6 Å². The van der Waals surface area contributed by atoms with E-state index >= 15 is 0 Å². The van der Waals surface area contributed by atoms with Crippen molar-refractivity contribution in [2.45, 2.75) is 0 Å². The molecule has 4 heteroatoms. The SMILES string of the molecule is c1ccc(-c2ccc(-c3nnn(-c4ccc(-c5ccccc5)cc4)n3)cc2)cc1. The molecule has 0 radical (unpaired) electrons. The molecule has 0 amide bonds. The first-order valence-electron chi connectivity index (χ1n) is 9.48. The van der Waals surface area contributed by atoms with E-state index in [4.69, 9.17) is 0 Å². The highest BCUT2D eigenvalue weighted by atomic mass is 15.6. The van der Waals surface area contributed by atoms with E-state index < -0.39 is 0 Å². The van der Waals surface area contributed by atoms with Crippen molar-refractivity contribution < 1.29 is 0 Å². The van der Waals surface area contributed by atoms with Gasteiger partial charge in [-0.1, -0.05) is 97.1 Å². The molecule has 5 aromatic rings. The largest absolute Gasteiger partial charge is 0.205 e. The van der Waals surface area contributed by atoms with Crippen LogP contribution in [0.3, 0.4) is 0 Å². The van der Waals surface area contributed by atoms with E-state index in [1.54, 1.807) is 4.80 Å². The van der Waals surface area contributed by atoms with Crippen molar-refractivity contribution in [2.75, 3.05) is 0 Å². The Morgan fingerprint density at radius 1 is 0.448 bits per heavy atom. The van der Waals surface area contributed by atoms with Gasteiger partial charge in [0, 0.05) is 5.56 Å². The molecule has 0 saturated carbocycles. The van der Waals surface area contributed by atoms with E-state index in [0.717, 1.165) is 16.8 Å². The fraction of sp³-hybridized carbons (Fsp3) is 0. The van der Waals surface area contributed by atoms with Gasteiger partial charge in [-0.3, -0.25) is 0 Å². The minimum atomic E-state index is 0.608. The first-order chi connectivity index (χ1) is 14.4. The molecule has 4 nitrogen and oxygen atoms in total. The normalized spacial score (nSPS) is 10.8. The highest BCUT2D eigenvalue weighted by Gasteiger charge is 2.08. The van der Waals surface area contributed by atoms with E-state index in [0.29, 0.717) is 5.82 Å². The van der Waals surface area contributed by atoms with Crippen molar-refractivity contribution in [3.63, 3.8) is 0 Å². The predicted octanol–water partition coefficient (Wildman–Crippen LogP) is 5.66. The lowest BCUT2D eigenvalue weighted by Gasteiger charge is -2.03. The minimum Gasteiger partial charge on any atom is -0.130 e. The molecule has 0 N–H and O–H groups in total. The lowest BCUT2D eigenvalue weighted by Crippen LogP contribution is -1.98. The van der Waals surface area contributed by atoms with Crippen LogP contribution < -0.4 is 0 Å². The van der Waals surface area contributed by atoms with Crippen molar-refractivity contribution in [2.24, 2.45) is 0 Å². The Balaban J connectivity index is 1.38. The van der Waals surface area contributed by atoms with E-state index in [2.05, 4.69) is 63.9 Å². The third kappa shape index (κ3) is 3.56. The third-order valence-corrected chi connectivity index (χ3v) is 4.87. The zero-order chi connectivity index (χ0) is 19.5. The standard InChI is InChI=1S/C25H18N4/c1-3-7-19(8-4-1)21-11-13-23(14-12-21)25-26-28-29(27-25)24-17-15-22(16-18-24)20-9-5-2-6-10-20/h1-18H. The maximum absolute atomic E-state index is 4.55. The second-order valence-corrected chi connectivity index (χ2v) is 6.76. The highest BCUT2D eigenvalue weighted by molar-refractivity contribution is 5.67. The molecule has 0 aliphatic rings. The zero-order valence-corrected chi connectivity index (χ0v) is 15.7. The Hall–Kier alpha value is -4.05. The molecule has 1 heterocycles. The van der Waals surface area contributed by atoms with Gasteiger partial charge in [-0.25, -0.2) is 0 Å². The Kier molecular flexibility index (Phi) is 4.43. The molecular formula is C25H18N4. The zero-order valence-electron chi connectivity index (χ0n) is 15.7. The first-order valence-corrected chi connectivity index (χ1v) is 9.48. The summed E-state index contributed by atoms with van der Waals surface area (Å²) in [4.78, 5) is 1.56. The minimum absolute atomic E-state index is 0.608. The average molecular weight is 374 g/mol. The molecule has 4 aromatic carbocycles. The molecule has 0 bridgehead atoms. The summed E-state index contributed by atoms with van der Waals surface area (Å²) in [6, 6.07) is 37.0. The number of nitrogens with zero attached hydrogens (tertiary/aromatic N) is 4. The molecular weight excluding hydrogens is 356 g/mol. The first kappa shape index (κ1) is 17.1. The Bertz CT molecular complexity index is 1110. The molecule has 138 valence electrons. The van der Waals surface area contributed by atoms with Crippen LogP contribution in [0.25, 0.3) is 39.3 Å². The fourth-order valence-electron chi connectivity index (χ4n) is 3.30. The van der Waals surface area contributed by atoms with Crippen molar-refractivity contribution >= 4 is 0 Å². The summed E-state index contributed by atoms with van der Waals surface area (Å²) in [6.45, 7) is 0. The van der Waals surface area contributed by atoms with Gasteiger partial charge >= 0.3 is 0 Å². The van der Waals surface area contributed by atoms with Gasteiger partial charge in [0.2, 0.25) is 5.82 Å². The summed E-state index contributed by atoms with van der Waals surface area (Å²) in [5, 5.41) is 13.0. The fourth-order valence-corrected chi connectivity index (χ4v) is 3.30. The van der Waals surface area contributed by atoms with Crippen molar-refractivity contribution in [1.29, 1.82) is 0 Å². The smallest absolute Gasteiger partial charge is 0.130 e. The van der Waals surface area contributed by atoms with Crippen LogP contribution in [0.5, 0.6) is 0 Å². The number of benzene rings is 4. The Labute approximate surface area is 169 Å². The van der Waals surface area contributed by atoms with Crippen LogP contribution >= 0.6 is 0 Å². The summed E-state index contributed by atoms with van der Waals surface area (Å²) >= 11 is 0. The van der Waals surface area contributed by atoms with Gasteiger partial charge < -0.3 is 0 Å². The van der Waals surface area contributed by atoms with Gasteiger partial charge in [0.25, 0.3) is 0 Å². The quantitative estimate of drug-likeness (QED) is 0.407. The highest BCUT2D eigenvalue weighted by Crippen LogP contribution is 2.23. The molecule has 0 unspecified atom stereocenters. The molecule has 0 spiro atoms. The lowest BCUT2D eigenvalue weighted by molar-refractivity contribution is 0.720. The topological polar surface area (TPSA) is 43.6 Å². The second kappa shape index (κ2) is 7.52. The lowest BCUT2D eigenvalue weighted by atomic mass is 10.0. The molecule has 0 atom stereocenters. The van der Waals surface area contributed by atoms with Gasteiger partial charge in [-0.2, -0.15) is 0 Å². The summed E-state index contributed by atoms with van der Waals surface area (Å²) < 4.78 is 0. The van der Waals surface area contributed by atoms with Crippen LogP contribution in [0, 0.1) is 0 Å². The van der Waals surface area contributed by atoms with Gasteiger partial charge in [-0.15, -0.1) is 15.0 Å². The van der Waals surface area contributed by atoms with E-state index in [9.17, 15) is 0 Å². The van der Waals surface area contributed by atoms with Gasteiger partial charge in [0.15, 0.2) is 0 Å². The molecule has 5 rings (SSSR count). The number of aromatic nitrogens is 4. The Morgan fingerprint density at radius 3 is 1.45 bits per heavy atom. The van der Waals surface area contributed by atoms with Crippen LogP contribution in [0.1, 0.15) is 0 Å². The summed E-state index contributed by atoms with van der Waals surface area (Å²) in [5.74, 6) is 0.608.